The van der Waals surface area contributed by atoms with Gasteiger partial charge in [-0.2, -0.15) is 0 Å². The standard InChI is InChI=1S/C17H18BrN5/c18-14-4-5-16(19-11-14)22-9-7-21(8-10-22)12-15-13-23-6-2-1-3-17(23)20-15/h1-6,11,13H,7-10,12H2. The van der Waals surface area contributed by atoms with E-state index in [-0.39, 0.29) is 0 Å². The number of hydrogen-bond acceptors (Lipinski definition) is 4. The molecule has 0 unspecified atom stereocenters. The normalized spacial score (nSPS) is 16.1. The lowest BCUT2D eigenvalue weighted by Crippen LogP contribution is -2.46. The topological polar surface area (TPSA) is 36.7 Å². The van der Waals surface area contributed by atoms with E-state index in [0.717, 1.165) is 54.4 Å². The molecule has 6 heteroatoms. The minimum absolute atomic E-state index is 0.906. The molecule has 4 rings (SSSR count). The molecule has 4 heterocycles. The van der Waals surface area contributed by atoms with Gasteiger partial charge in [-0.05, 0) is 40.2 Å². The number of rotatable bonds is 3. The maximum Gasteiger partial charge on any atom is 0.137 e. The predicted molar refractivity (Wildman–Crippen MR) is 94.6 cm³/mol. The lowest BCUT2D eigenvalue weighted by molar-refractivity contribution is 0.247. The van der Waals surface area contributed by atoms with Crippen molar-refractivity contribution in [3.05, 3.63) is 59.1 Å². The van der Waals surface area contributed by atoms with E-state index >= 15 is 0 Å². The Kier molecular flexibility index (Phi) is 4.01. The summed E-state index contributed by atoms with van der Waals surface area (Å²) >= 11 is 3.43. The molecule has 0 bridgehead atoms. The molecule has 0 N–H and O–H groups in total. The highest BCUT2D eigenvalue weighted by Crippen LogP contribution is 2.17. The minimum Gasteiger partial charge on any atom is -0.354 e. The van der Waals surface area contributed by atoms with Crippen molar-refractivity contribution >= 4 is 27.4 Å². The molecule has 5 nitrogen and oxygen atoms in total. The molecule has 0 amide bonds. The fourth-order valence-electron chi connectivity index (χ4n) is 2.98. The fraction of sp³-hybridized carbons (Fsp3) is 0.294. The molecule has 0 saturated carbocycles. The SMILES string of the molecule is Brc1ccc(N2CCN(Cc3cn4ccccc4n3)CC2)nc1. The van der Waals surface area contributed by atoms with Crippen molar-refractivity contribution in [1.82, 2.24) is 19.3 Å². The van der Waals surface area contributed by atoms with Crippen LogP contribution in [0.2, 0.25) is 0 Å². The summed E-state index contributed by atoms with van der Waals surface area (Å²) in [5.41, 5.74) is 2.15. The predicted octanol–water partition coefficient (Wildman–Crippen LogP) is 2.81. The molecule has 3 aromatic rings. The highest BCUT2D eigenvalue weighted by Gasteiger charge is 2.18. The van der Waals surface area contributed by atoms with E-state index in [9.17, 15) is 0 Å². The van der Waals surface area contributed by atoms with Crippen LogP contribution in [0.5, 0.6) is 0 Å². The molecule has 1 fully saturated rings. The number of fused-ring (bicyclic) bond motifs is 1. The average molecular weight is 372 g/mol. The molecule has 1 saturated heterocycles. The third-order valence-corrected chi connectivity index (χ3v) is 4.68. The van der Waals surface area contributed by atoms with Crippen LogP contribution in [-0.2, 0) is 6.54 Å². The van der Waals surface area contributed by atoms with E-state index in [2.05, 4.69) is 52.4 Å². The van der Waals surface area contributed by atoms with Gasteiger partial charge in [-0.25, -0.2) is 9.97 Å². The average Bonchev–Trinajstić information content (AvgIpc) is 2.98. The fourth-order valence-corrected chi connectivity index (χ4v) is 3.22. The molecule has 1 aliphatic heterocycles. The monoisotopic (exact) mass is 371 g/mol. The molecule has 0 aliphatic carbocycles. The Balaban J connectivity index is 1.38. The van der Waals surface area contributed by atoms with Gasteiger partial charge in [0.2, 0.25) is 0 Å². The van der Waals surface area contributed by atoms with Crippen LogP contribution in [0, 0.1) is 0 Å². The summed E-state index contributed by atoms with van der Waals surface area (Å²) in [5.74, 6) is 1.06. The van der Waals surface area contributed by atoms with Gasteiger partial charge in [-0.15, -0.1) is 0 Å². The Bertz CT molecular complexity index is 757. The highest BCUT2D eigenvalue weighted by molar-refractivity contribution is 9.10. The van der Waals surface area contributed by atoms with Gasteiger partial charge in [0.15, 0.2) is 0 Å². The molecule has 1 aliphatic rings. The number of aromatic nitrogens is 3. The first-order chi connectivity index (χ1) is 11.3. The van der Waals surface area contributed by atoms with E-state index in [1.165, 1.54) is 0 Å². The van der Waals surface area contributed by atoms with Crippen molar-refractivity contribution in [2.45, 2.75) is 6.54 Å². The number of halogens is 1. The number of anilines is 1. The Morgan fingerprint density at radius 2 is 1.91 bits per heavy atom. The Labute approximate surface area is 143 Å². The van der Waals surface area contributed by atoms with E-state index in [1.807, 2.05) is 36.7 Å². The van der Waals surface area contributed by atoms with Crippen LogP contribution in [0.3, 0.4) is 0 Å². The van der Waals surface area contributed by atoms with Crippen molar-refractivity contribution in [2.24, 2.45) is 0 Å². The summed E-state index contributed by atoms with van der Waals surface area (Å²) in [4.78, 5) is 14.0. The molecular formula is C17H18BrN5. The van der Waals surface area contributed by atoms with Crippen LogP contribution in [0.15, 0.2) is 53.4 Å². The largest absolute Gasteiger partial charge is 0.354 e. The molecule has 118 valence electrons. The third kappa shape index (κ3) is 3.23. The zero-order chi connectivity index (χ0) is 15.6. The first-order valence-electron chi connectivity index (χ1n) is 7.79. The summed E-state index contributed by atoms with van der Waals surface area (Å²) in [6, 6.07) is 10.2. The van der Waals surface area contributed by atoms with Gasteiger partial charge < -0.3 is 9.30 Å². The number of piperazine rings is 1. The maximum absolute atomic E-state index is 4.68. The van der Waals surface area contributed by atoms with Crippen molar-refractivity contribution in [1.29, 1.82) is 0 Å². The highest BCUT2D eigenvalue weighted by atomic mass is 79.9. The van der Waals surface area contributed by atoms with Gasteiger partial charge >= 0.3 is 0 Å². The zero-order valence-electron chi connectivity index (χ0n) is 12.8. The smallest absolute Gasteiger partial charge is 0.137 e. The first-order valence-corrected chi connectivity index (χ1v) is 8.59. The maximum atomic E-state index is 4.68. The molecular weight excluding hydrogens is 354 g/mol. The van der Waals surface area contributed by atoms with Crippen LogP contribution in [-0.4, -0.2) is 45.4 Å². The zero-order valence-corrected chi connectivity index (χ0v) is 14.4. The minimum atomic E-state index is 0.906. The second kappa shape index (κ2) is 6.29. The van der Waals surface area contributed by atoms with E-state index in [0.29, 0.717) is 0 Å². The molecule has 0 atom stereocenters. The van der Waals surface area contributed by atoms with Crippen molar-refractivity contribution in [2.75, 3.05) is 31.1 Å². The number of hydrogen-bond donors (Lipinski definition) is 0. The van der Waals surface area contributed by atoms with Gasteiger partial charge in [-0.1, -0.05) is 6.07 Å². The van der Waals surface area contributed by atoms with Gasteiger partial charge in [0, 0.05) is 55.8 Å². The second-order valence-corrected chi connectivity index (χ2v) is 6.71. The van der Waals surface area contributed by atoms with Gasteiger partial charge in [0.1, 0.15) is 11.5 Å². The van der Waals surface area contributed by atoms with Gasteiger partial charge in [0.05, 0.1) is 5.69 Å². The third-order valence-electron chi connectivity index (χ3n) is 4.21. The molecule has 0 aromatic carbocycles. The quantitative estimate of drug-likeness (QED) is 0.709. The van der Waals surface area contributed by atoms with E-state index in [1.54, 1.807) is 0 Å². The second-order valence-electron chi connectivity index (χ2n) is 5.80. The summed E-state index contributed by atoms with van der Waals surface area (Å²) in [5, 5.41) is 0. The number of imidazole rings is 1. The summed E-state index contributed by atoms with van der Waals surface area (Å²) in [6.07, 6.45) is 6.03. The van der Waals surface area contributed by atoms with Crippen LogP contribution in [0.4, 0.5) is 5.82 Å². The molecule has 0 spiro atoms. The Morgan fingerprint density at radius 3 is 2.65 bits per heavy atom. The molecule has 0 radical (unpaired) electrons. The Hall–Kier alpha value is -1.92. The van der Waals surface area contributed by atoms with Gasteiger partial charge in [-0.3, -0.25) is 4.90 Å². The number of nitrogens with zero attached hydrogens (tertiary/aromatic N) is 5. The number of pyridine rings is 2. The van der Waals surface area contributed by atoms with E-state index in [4.69, 9.17) is 0 Å². The summed E-state index contributed by atoms with van der Waals surface area (Å²) in [7, 11) is 0. The lowest BCUT2D eigenvalue weighted by atomic mass is 10.3. The van der Waals surface area contributed by atoms with Crippen molar-refractivity contribution in [3.8, 4) is 0 Å². The van der Waals surface area contributed by atoms with Gasteiger partial charge in [0.25, 0.3) is 0 Å². The van der Waals surface area contributed by atoms with Crippen LogP contribution in [0.25, 0.3) is 5.65 Å². The Morgan fingerprint density at radius 1 is 1.04 bits per heavy atom. The van der Waals surface area contributed by atoms with Crippen molar-refractivity contribution in [3.63, 3.8) is 0 Å². The summed E-state index contributed by atoms with van der Waals surface area (Å²) < 4.78 is 3.10. The first kappa shape index (κ1) is 14.7. The van der Waals surface area contributed by atoms with Crippen LogP contribution >= 0.6 is 15.9 Å². The van der Waals surface area contributed by atoms with Crippen LogP contribution in [0.1, 0.15) is 5.69 Å². The lowest BCUT2D eigenvalue weighted by Gasteiger charge is -2.35. The van der Waals surface area contributed by atoms with Crippen molar-refractivity contribution < 1.29 is 0 Å². The van der Waals surface area contributed by atoms with Crippen LogP contribution < -0.4 is 4.90 Å². The molecule has 3 aromatic heterocycles. The van der Waals surface area contributed by atoms with E-state index < -0.39 is 0 Å². The molecule has 23 heavy (non-hydrogen) atoms. The summed E-state index contributed by atoms with van der Waals surface area (Å²) in [6.45, 7) is 4.98.